The molecule has 0 aliphatic heterocycles. The van der Waals surface area contributed by atoms with E-state index < -0.39 is 11.8 Å². The van der Waals surface area contributed by atoms with E-state index in [4.69, 9.17) is 4.74 Å². The van der Waals surface area contributed by atoms with Crippen molar-refractivity contribution in [2.24, 2.45) is 5.10 Å². The van der Waals surface area contributed by atoms with Gasteiger partial charge < -0.3 is 10.1 Å². The van der Waals surface area contributed by atoms with Crippen molar-refractivity contribution in [3.05, 3.63) is 59.7 Å². The van der Waals surface area contributed by atoms with Gasteiger partial charge >= 0.3 is 11.8 Å². The Balaban J connectivity index is 1.82. The number of carbonyl (C=O) groups is 2. The number of ether oxygens (including phenoxy) is 1. The third-order valence-corrected chi connectivity index (χ3v) is 3.63. The van der Waals surface area contributed by atoms with Crippen LogP contribution in [0.15, 0.2) is 53.6 Å². The molecule has 136 valence electrons. The monoisotopic (exact) mass is 353 g/mol. The number of nitrogens with one attached hydrogen (secondary N) is 2. The molecule has 0 aromatic heterocycles. The molecule has 0 spiro atoms. The minimum Gasteiger partial charge on any atom is -0.494 e. The highest BCUT2D eigenvalue weighted by atomic mass is 16.5. The second kappa shape index (κ2) is 9.98. The maximum absolute atomic E-state index is 11.9. The Hall–Kier alpha value is -3.15. The van der Waals surface area contributed by atoms with Crippen LogP contribution in [-0.4, -0.2) is 24.6 Å². The summed E-state index contributed by atoms with van der Waals surface area (Å²) in [6.07, 6.45) is 3.57. The van der Waals surface area contributed by atoms with Crippen molar-refractivity contribution in [1.82, 2.24) is 5.43 Å². The molecule has 0 saturated carbocycles. The Morgan fingerprint density at radius 1 is 1.08 bits per heavy atom. The van der Waals surface area contributed by atoms with E-state index >= 15 is 0 Å². The molecule has 0 aliphatic carbocycles. The molecule has 6 heteroatoms. The number of aryl methyl sites for hydroxylation is 1. The predicted octanol–water partition coefficient (Wildman–Crippen LogP) is 3.26. The molecule has 0 saturated heterocycles. The van der Waals surface area contributed by atoms with Crippen molar-refractivity contribution in [2.75, 3.05) is 11.9 Å². The van der Waals surface area contributed by atoms with Gasteiger partial charge in [0.2, 0.25) is 0 Å². The second-order valence-electron chi connectivity index (χ2n) is 5.74. The van der Waals surface area contributed by atoms with Gasteiger partial charge in [0, 0.05) is 5.69 Å². The number of rotatable bonds is 7. The quantitative estimate of drug-likeness (QED) is 0.347. The molecule has 2 aromatic rings. The van der Waals surface area contributed by atoms with E-state index in [0.717, 1.165) is 29.7 Å². The number of amides is 2. The van der Waals surface area contributed by atoms with Gasteiger partial charge in [0.25, 0.3) is 0 Å². The highest BCUT2D eigenvalue weighted by Crippen LogP contribution is 2.13. The van der Waals surface area contributed by atoms with Crippen LogP contribution >= 0.6 is 0 Å². The Labute approximate surface area is 153 Å². The number of para-hydroxylation sites is 1. The van der Waals surface area contributed by atoms with E-state index in [-0.39, 0.29) is 0 Å². The van der Waals surface area contributed by atoms with Crippen LogP contribution in [0.25, 0.3) is 0 Å². The Morgan fingerprint density at radius 3 is 2.50 bits per heavy atom. The normalized spacial score (nSPS) is 10.5. The molecule has 0 aliphatic rings. The van der Waals surface area contributed by atoms with Crippen molar-refractivity contribution in [2.45, 2.75) is 26.7 Å². The van der Waals surface area contributed by atoms with Gasteiger partial charge in [0.15, 0.2) is 0 Å². The predicted molar refractivity (Wildman–Crippen MR) is 102 cm³/mol. The summed E-state index contributed by atoms with van der Waals surface area (Å²) in [5.74, 6) is -0.808. The van der Waals surface area contributed by atoms with Gasteiger partial charge in [-0.05, 0) is 54.8 Å². The number of hydrazone groups is 1. The van der Waals surface area contributed by atoms with Gasteiger partial charge in [0.05, 0.1) is 12.8 Å². The smallest absolute Gasteiger partial charge is 0.329 e. The molecular formula is C20H23N3O3. The lowest BCUT2D eigenvalue weighted by Gasteiger charge is -2.06. The van der Waals surface area contributed by atoms with Crippen LogP contribution < -0.4 is 15.5 Å². The number of nitrogens with zero attached hydrogens (tertiary/aromatic N) is 1. The summed E-state index contributed by atoms with van der Waals surface area (Å²) in [5.41, 5.74) is 4.47. The van der Waals surface area contributed by atoms with Crippen LogP contribution in [0.1, 0.15) is 30.9 Å². The molecule has 0 unspecified atom stereocenters. The topological polar surface area (TPSA) is 79.8 Å². The van der Waals surface area contributed by atoms with Crippen LogP contribution in [0.3, 0.4) is 0 Å². The number of anilines is 1. The Morgan fingerprint density at radius 2 is 1.81 bits per heavy atom. The van der Waals surface area contributed by atoms with Gasteiger partial charge in [-0.15, -0.1) is 0 Å². The molecule has 0 heterocycles. The zero-order chi connectivity index (χ0) is 18.8. The first-order valence-corrected chi connectivity index (χ1v) is 8.53. The zero-order valence-corrected chi connectivity index (χ0v) is 15.0. The van der Waals surface area contributed by atoms with E-state index in [9.17, 15) is 9.59 Å². The molecule has 2 rings (SSSR count). The van der Waals surface area contributed by atoms with Crippen LogP contribution in [-0.2, 0) is 9.59 Å². The summed E-state index contributed by atoms with van der Waals surface area (Å²) in [6, 6.07) is 14.5. The molecule has 0 fully saturated rings. The van der Waals surface area contributed by atoms with Crippen LogP contribution in [0.4, 0.5) is 5.69 Å². The Kier molecular flexibility index (Phi) is 7.36. The van der Waals surface area contributed by atoms with Gasteiger partial charge in [-0.2, -0.15) is 5.10 Å². The summed E-state index contributed by atoms with van der Waals surface area (Å²) in [4.78, 5) is 23.7. The van der Waals surface area contributed by atoms with Crippen LogP contribution in [0, 0.1) is 6.92 Å². The molecule has 2 N–H and O–H groups in total. The third-order valence-electron chi connectivity index (χ3n) is 3.63. The minimum absolute atomic E-state index is 0.593. The molecule has 0 atom stereocenters. The first kappa shape index (κ1) is 19.2. The first-order chi connectivity index (χ1) is 12.6. The number of unbranched alkanes of at least 4 members (excludes halogenated alkanes) is 1. The number of carbonyl (C=O) groups excluding carboxylic acids is 2. The van der Waals surface area contributed by atoms with Crippen molar-refractivity contribution < 1.29 is 14.3 Å². The zero-order valence-electron chi connectivity index (χ0n) is 15.0. The van der Waals surface area contributed by atoms with E-state index in [1.807, 2.05) is 43.3 Å². The molecule has 26 heavy (non-hydrogen) atoms. The third kappa shape index (κ3) is 6.05. The summed E-state index contributed by atoms with van der Waals surface area (Å²) >= 11 is 0. The van der Waals surface area contributed by atoms with E-state index in [0.29, 0.717) is 12.3 Å². The lowest BCUT2D eigenvalue weighted by atomic mass is 10.2. The van der Waals surface area contributed by atoms with Crippen LogP contribution in [0.2, 0.25) is 0 Å². The molecule has 0 bridgehead atoms. The van der Waals surface area contributed by atoms with E-state index in [1.54, 1.807) is 12.1 Å². The van der Waals surface area contributed by atoms with Crippen molar-refractivity contribution >= 4 is 23.7 Å². The lowest BCUT2D eigenvalue weighted by molar-refractivity contribution is -0.136. The molecule has 0 radical (unpaired) electrons. The SMILES string of the molecule is CCCCOc1ccc(C=NNC(=O)C(=O)Nc2ccccc2C)cc1. The van der Waals surface area contributed by atoms with Crippen molar-refractivity contribution in [3.8, 4) is 5.75 Å². The van der Waals surface area contributed by atoms with E-state index in [1.165, 1.54) is 6.21 Å². The number of hydrogen-bond acceptors (Lipinski definition) is 4. The lowest BCUT2D eigenvalue weighted by Crippen LogP contribution is -2.32. The average Bonchev–Trinajstić information content (AvgIpc) is 2.65. The molecule has 2 aromatic carbocycles. The summed E-state index contributed by atoms with van der Waals surface area (Å²) < 4.78 is 5.57. The summed E-state index contributed by atoms with van der Waals surface area (Å²) in [5, 5.41) is 6.35. The maximum atomic E-state index is 11.9. The average molecular weight is 353 g/mol. The van der Waals surface area contributed by atoms with Gasteiger partial charge in [0.1, 0.15) is 5.75 Å². The fraction of sp³-hybridized carbons (Fsp3) is 0.250. The maximum Gasteiger partial charge on any atom is 0.329 e. The number of benzene rings is 2. The number of hydrogen-bond donors (Lipinski definition) is 2. The first-order valence-electron chi connectivity index (χ1n) is 8.53. The van der Waals surface area contributed by atoms with Crippen molar-refractivity contribution in [1.29, 1.82) is 0 Å². The largest absolute Gasteiger partial charge is 0.494 e. The van der Waals surface area contributed by atoms with Crippen molar-refractivity contribution in [3.63, 3.8) is 0 Å². The van der Waals surface area contributed by atoms with Crippen LogP contribution in [0.5, 0.6) is 5.75 Å². The fourth-order valence-corrected chi connectivity index (χ4v) is 2.09. The summed E-state index contributed by atoms with van der Waals surface area (Å²) in [6.45, 7) is 4.65. The molecule has 6 nitrogen and oxygen atoms in total. The summed E-state index contributed by atoms with van der Waals surface area (Å²) in [7, 11) is 0. The van der Waals surface area contributed by atoms with Gasteiger partial charge in [-0.3, -0.25) is 9.59 Å². The fourth-order valence-electron chi connectivity index (χ4n) is 2.09. The van der Waals surface area contributed by atoms with Gasteiger partial charge in [-0.25, -0.2) is 5.43 Å². The Bertz CT molecular complexity index is 770. The highest BCUT2D eigenvalue weighted by molar-refractivity contribution is 6.39. The molecular weight excluding hydrogens is 330 g/mol. The highest BCUT2D eigenvalue weighted by Gasteiger charge is 2.13. The minimum atomic E-state index is -0.830. The van der Waals surface area contributed by atoms with Gasteiger partial charge in [-0.1, -0.05) is 31.5 Å². The standard InChI is InChI=1S/C20H23N3O3/c1-3-4-13-26-17-11-9-16(10-12-17)14-21-23-20(25)19(24)22-18-8-6-5-7-15(18)2/h5-12,14H,3-4,13H2,1-2H3,(H,22,24)(H,23,25). The molecule has 2 amide bonds. The van der Waals surface area contributed by atoms with E-state index in [2.05, 4.69) is 22.8 Å². The second-order valence-corrected chi connectivity index (χ2v) is 5.74.